The Labute approximate surface area is 209 Å². The van der Waals surface area contributed by atoms with Crippen LogP contribution in [0.15, 0.2) is 72.8 Å². The molecule has 4 aromatic rings. The normalized spacial score (nSPS) is 11.4. The van der Waals surface area contributed by atoms with Gasteiger partial charge in [0.1, 0.15) is 12.4 Å². The predicted molar refractivity (Wildman–Crippen MR) is 128 cm³/mol. The van der Waals surface area contributed by atoms with E-state index < -0.39 is 23.5 Å². The number of hydrogen-bond acceptors (Lipinski definition) is 5. The van der Waals surface area contributed by atoms with Crippen molar-refractivity contribution in [3.05, 3.63) is 89.7 Å². The third-order valence-electron chi connectivity index (χ3n) is 5.21. The van der Waals surface area contributed by atoms with E-state index in [4.69, 9.17) is 9.47 Å². The average molecular weight is 514 g/mol. The molecule has 1 N–H and O–H groups in total. The molecule has 192 valence electrons. The zero-order valence-corrected chi connectivity index (χ0v) is 19.6. The van der Waals surface area contributed by atoms with Gasteiger partial charge in [0.15, 0.2) is 5.82 Å². The second-order valence-electron chi connectivity index (χ2n) is 7.73. The Kier molecular flexibility index (Phi) is 7.83. The minimum absolute atomic E-state index is 0.0395. The number of benzene rings is 3. The highest BCUT2D eigenvalue weighted by atomic mass is 19.4. The van der Waals surface area contributed by atoms with Gasteiger partial charge in [0.05, 0.1) is 23.4 Å². The quantitative estimate of drug-likeness (QED) is 0.227. The van der Waals surface area contributed by atoms with Crippen LogP contribution in [-0.4, -0.2) is 40.5 Å². The molecule has 0 atom stereocenters. The minimum Gasteiger partial charge on any atom is -0.460 e. The number of halogens is 4. The van der Waals surface area contributed by atoms with E-state index in [0.29, 0.717) is 24.6 Å². The molecular weight excluding hydrogens is 492 g/mol. The number of rotatable bonds is 9. The second kappa shape index (κ2) is 11.2. The summed E-state index contributed by atoms with van der Waals surface area (Å²) in [4.78, 5) is 16.8. The number of anilines is 1. The molecule has 0 aliphatic heterocycles. The summed E-state index contributed by atoms with van der Waals surface area (Å²) in [7, 11) is 0. The van der Waals surface area contributed by atoms with Crippen molar-refractivity contribution in [2.75, 3.05) is 25.1 Å². The van der Waals surface area contributed by atoms with Crippen molar-refractivity contribution in [2.24, 2.45) is 0 Å². The largest absolute Gasteiger partial charge is 0.460 e. The van der Waals surface area contributed by atoms with Crippen LogP contribution >= 0.6 is 0 Å². The summed E-state index contributed by atoms with van der Waals surface area (Å²) in [6, 6.07) is 16.5. The van der Waals surface area contributed by atoms with Crippen LogP contribution in [0.1, 0.15) is 22.8 Å². The summed E-state index contributed by atoms with van der Waals surface area (Å²) in [5.41, 5.74) is 0.360. The summed E-state index contributed by atoms with van der Waals surface area (Å²) in [5, 5.41) is 6.98. The van der Waals surface area contributed by atoms with Gasteiger partial charge < -0.3 is 14.8 Å². The zero-order valence-electron chi connectivity index (χ0n) is 19.6. The van der Waals surface area contributed by atoms with Gasteiger partial charge in [0.25, 0.3) is 5.91 Å². The number of carbonyl (C=O) groups excluding carboxylic acids is 1. The fraction of sp³-hybridized carbons (Fsp3) is 0.192. The SMILES string of the molecule is CCOCCOc1nc(-c2ccccc2F)n(-c2ccc(NC(=O)c3ccc(C(F)(F)F)cc3)cc2)n1. The van der Waals surface area contributed by atoms with Crippen LogP contribution in [0.3, 0.4) is 0 Å². The summed E-state index contributed by atoms with van der Waals surface area (Å²) < 4.78 is 65.0. The van der Waals surface area contributed by atoms with Crippen LogP contribution in [0.2, 0.25) is 0 Å². The van der Waals surface area contributed by atoms with E-state index in [1.807, 2.05) is 6.92 Å². The first-order valence-corrected chi connectivity index (χ1v) is 11.3. The van der Waals surface area contributed by atoms with Crippen LogP contribution in [-0.2, 0) is 10.9 Å². The molecule has 7 nitrogen and oxygen atoms in total. The van der Waals surface area contributed by atoms with Crippen molar-refractivity contribution in [3.63, 3.8) is 0 Å². The Morgan fingerprint density at radius 3 is 2.32 bits per heavy atom. The topological polar surface area (TPSA) is 78.3 Å². The average Bonchev–Trinajstić information content (AvgIpc) is 3.31. The molecule has 0 bridgehead atoms. The van der Waals surface area contributed by atoms with Crippen molar-refractivity contribution < 1.29 is 31.8 Å². The second-order valence-corrected chi connectivity index (χ2v) is 7.73. The van der Waals surface area contributed by atoms with E-state index in [9.17, 15) is 22.4 Å². The van der Waals surface area contributed by atoms with Gasteiger partial charge in [-0.1, -0.05) is 12.1 Å². The molecule has 3 aromatic carbocycles. The van der Waals surface area contributed by atoms with Gasteiger partial charge in [-0.3, -0.25) is 4.79 Å². The maximum absolute atomic E-state index is 14.5. The Bertz CT molecular complexity index is 1350. The summed E-state index contributed by atoms with van der Waals surface area (Å²) in [6.07, 6.45) is -4.48. The van der Waals surface area contributed by atoms with Crippen LogP contribution in [0.5, 0.6) is 6.01 Å². The predicted octanol–water partition coefficient (Wildman–Crippen LogP) is 5.76. The molecule has 11 heteroatoms. The van der Waals surface area contributed by atoms with Crippen LogP contribution < -0.4 is 10.1 Å². The van der Waals surface area contributed by atoms with E-state index in [1.165, 1.54) is 10.7 Å². The first-order valence-electron chi connectivity index (χ1n) is 11.3. The lowest BCUT2D eigenvalue weighted by molar-refractivity contribution is -0.137. The van der Waals surface area contributed by atoms with E-state index in [2.05, 4.69) is 15.4 Å². The fourth-order valence-corrected chi connectivity index (χ4v) is 3.39. The lowest BCUT2D eigenvalue weighted by Gasteiger charge is -2.10. The first-order chi connectivity index (χ1) is 17.8. The Hall–Kier alpha value is -4.25. The van der Waals surface area contributed by atoms with Crippen LogP contribution in [0.25, 0.3) is 17.1 Å². The molecule has 37 heavy (non-hydrogen) atoms. The maximum atomic E-state index is 14.5. The Morgan fingerprint density at radius 2 is 1.68 bits per heavy atom. The standard InChI is InChI=1S/C26H22F4N4O3/c1-2-36-15-16-37-25-32-23(21-5-3-4-6-22(21)27)34(33-25)20-13-11-19(12-14-20)31-24(35)17-7-9-18(10-8-17)26(28,29)30/h3-14H,2,15-16H2,1H3,(H,31,35). The molecule has 0 spiro atoms. The lowest BCUT2D eigenvalue weighted by Crippen LogP contribution is -2.13. The minimum atomic E-state index is -4.48. The van der Waals surface area contributed by atoms with Crippen LogP contribution in [0, 0.1) is 5.82 Å². The van der Waals surface area contributed by atoms with Crippen LogP contribution in [0.4, 0.5) is 23.2 Å². The highest BCUT2D eigenvalue weighted by molar-refractivity contribution is 6.04. The monoisotopic (exact) mass is 514 g/mol. The van der Waals surface area contributed by atoms with E-state index in [-0.39, 0.29) is 29.6 Å². The number of carbonyl (C=O) groups is 1. The third kappa shape index (κ3) is 6.31. The summed E-state index contributed by atoms with van der Waals surface area (Å²) in [5.74, 6) is -0.845. The van der Waals surface area contributed by atoms with E-state index in [0.717, 1.165) is 24.3 Å². The number of ether oxygens (including phenoxy) is 2. The van der Waals surface area contributed by atoms with Gasteiger partial charge in [-0.25, -0.2) is 9.07 Å². The van der Waals surface area contributed by atoms with Gasteiger partial charge in [0, 0.05) is 17.9 Å². The van der Waals surface area contributed by atoms with Crippen molar-refractivity contribution in [1.82, 2.24) is 14.8 Å². The highest BCUT2D eigenvalue weighted by Crippen LogP contribution is 2.29. The third-order valence-corrected chi connectivity index (χ3v) is 5.21. The van der Waals surface area contributed by atoms with Crippen molar-refractivity contribution >= 4 is 11.6 Å². The van der Waals surface area contributed by atoms with Gasteiger partial charge in [-0.15, -0.1) is 5.10 Å². The van der Waals surface area contributed by atoms with E-state index in [1.54, 1.807) is 42.5 Å². The molecule has 1 amide bonds. The van der Waals surface area contributed by atoms with Crippen molar-refractivity contribution in [1.29, 1.82) is 0 Å². The van der Waals surface area contributed by atoms with Crippen molar-refractivity contribution in [3.8, 4) is 23.1 Å². The number of amides is 1. The number of hydrogen-bond donors (Lipinski definition) is 1. The molecule has 0 radical (unpaired) electrons. The summed E-state index contributed by atoms with van der Waals surface area (Å²) in [6.45, 7) is 2.95. The number of aromatic nitrogens is 3. The Balaban J connectivity index is 1.55. The molecule has 1 aromatic heterocycles. The molecule has 0 fully saturated rings. The molecule has 0 aliphatic rings. The maximum Gasteiger partial charge on any atom is 0.416 e. The zero-order chi connectivity index (χ0) is 26.4. The van der Waals surface area contributed by atoms with Gasteiger partial charge in [0.2, 0.25) is 0 Å². The molecule has 0 saturated heterocycles. The van der Waals surface area contributed by atoms with Gasteiger partial charge >= 0.3 is 12.2 Å². The smallest absolute Gasteiger partial charge is 0.416 e. The summed E-state index contributed by atoms with van der Waals surface area (Å²) >= 11 is 0. The molecule has 4 rings (SSSR count). The molecule has 0 unspecified atom stereocenters. The molecule has 0 saturated carbocycles. The molecule has 0 aliphatic carbocycles. The number of alkyl halides is 3. The highest BCUT2D eigenvalue weighted by Gasteiger charge is 2.30. The molecular formula is C26H22F4N4O3. The molecule has 1 heterocycles. The Morgan fingerprint density at radius 1 is 0.973 bits per heavy atom. The van der Waals surface area contributed by atoms with Gasteiger partial charge in [-0.05, 0) is 67.6 Å². The van der Waals surface area contributed by atoms with E-state index >= 15 is 0 Å². The van der Waals surface area contributed by atoms with Gasteiger partial charge in [-0.2, -0.15) is 18.2 Å². The van der Waals surface area contributed by atoms with Crippen molar-refractivity contribution in [2.45, 2.75) is 13.1 Å². The lowest BCUT2D eigenvalue weighted by atomic mass is 10.1. The number of nitrogens with one attached hydrogen (secondary N) is 1. The number of nitrogens with zero attached hydrogens (tertiary/aromatic N) is 3. The first kappa shape index (κ1) is 25.8. The fourth-order valence-electron chi connectivity index (χ4n) is 3.39.